The summed E-state index contributed by atoms with van der Waals surface area (Å²) in [6, 6.07) is 15.4. The van der Waals surface area contributed by atoms with Crippen molar-refractivity contribution in [2.45, 2.75) is 13.8 Å². The van der Waals surface area contributed by atoms with E-state index >= 15 is 0 Å². The van der Waals surface area contributed by atoms with E-state index in [1.54, 1.807) is 38.1 Å². The highest BCUT2D eigenvalue weighted by molar-refractivity contribution is 7.92. The molecule has 2 amide bonds. The Balaban J connectivity index is 0.000000270. The predicted molar refractivity (Wildman–Crippen MR) is 187 cm³/mol. The first-order valence-corrected chi connectivity index (χ1v) is 18.6. The van der Waals surface area contributed by atoms with Crippen molar-refractivity contribution in [2.24, 2.45) is 0 Å². The largest absolute Gasteiger partial charge is 0.320 e. The Labute approximate surface area is 296 Å². The summed E-state index contributed by atoms with van der Waals surface area (Å²) >= 11 is 11.8. The van der Waals surface area contributed by atoms with Gasteiger partial charge in [-0.2, -0.15) is 0 Å². The van der Waals surface area contributed by atoms with Crippen molar-refractivity contribution in [1.29, 1.82) is 0 Å². The van der Waals surface area contributed by atoms with Crippen molar-refractivity contribution in [3.05, 3.63) is 117 Å². The van der Waals surface area contributed by atoms with Gasteiger partial charge in [0.05, 0.1) is 23.9 Å². The van der Waals surface area contributed by atoms with E-state index in [2.05, 4.69) is 10.6 Å². The quantitative estimate of drug-likeness (QED) is 0.173. The van der Waals surface area contributed by atoms with Crippen LogP contribution >= 0.6 is 23.2 Å². The first-order valence-electron chi connectivity index (χ1n) is 14.1. The van der Waals surface area contributed by atoms with Crippen molar-refractivity contribution in [3.8, 4) is 0 Å². The summed E-state index contributed by atoms with van der Waals surface area (Å²) in [4.78, 5) is 24.3. The number of hydrogen-bond acceptors (Lipinski definition) is 6. The van der Waals surface area contributed by atoms with Crippen molar-refractivity contribution in [2.75, 3.05) is 44.8 Å². The van der Waals surface area contributed by atoms with Crippen LogP contribution < -0.4 is 19.2 Å². The average Bonchev–Trinajstić information content (AvgIpc) is 3.00. The minimum absolute atomic E-state index is 0.208. The Kier molecular flexibility index (Phi) is 13.3. The molecule has 0 saturated heterocycles. The number of amides is 2. The number of para-hydroxylation sites is 2. The Morgan fingerprint density at radius 2 is 0.900 bits per heavy atom. The van der Waals surface area contributed by atoms with Crippen LogP contribution in [0.2, 0.25) is 10.0 Å². The number of halogens is 6. The first-order chi connectivity index (χ1) is 23.2. The van der Waals surface area contributed by atoms with Crippen LogP contribution in [0.25, 0.3) is 0 Å². The smallest absolute Gasteiger partial charge is 0.245 e. The molecule has 10 nitrogen and oxygen atoms in total. The minimum Gasteiger partial charge on any atom is -0.320 e. The molecule has 0 unspecified atom stereocenters. The number of carbonyl (C=O) groups is 2. The molecule has 0 bridgehead atoms. The van der Waals surface area contributed by atoms with Gasteiger partial charge in [-0.05, 0) is 73.5 Å². The monoisotopic (exact) mass is 776 g/mol. The van der Waals surface area contributed by atoms with Crippen LogP contribution in [0.15, 0.2) is 72.8 Å². The molecule has 268 valence electrons. The zero-order valence-corrected chi connectivity index (χ0v) is 29.9. The molecule has 4 aromatic rings. The molecule has 0 atom stereocenters. The van der Waals surface area contributed by atoms with E-state index in [0.29, 0.717) is 11.1 Å². The van der Waals surface area contributed by atoms with Crippen LogP contribution in [-0.4, -0.2) is 54.3 Å². The second-order valence-corrected chi connectivity index (χ2v) is 15.4. The van der Waals surface area contributed by atoms with Gasteiger partial charge in [-0.25, -0.2) is 34.4 Å². The standard InChI is InChI=1S/2C16H15ClF2N2O3S/c2*1-10-6-7-11(17)8-14(10)21(25(2,23)24)9-15(22)20-16-12(18)4-3-5-13(16)19/h2*3-8H,9H2,1-2H3,(H,20,22). The molecule has 0 radical (unpaired) electrons. The number of aryl methyl sites for hydroxylation is 2. The van der Waals surface area contributed by atoms with Crippen LogP contribution in [0.4, 0.5) is 40.3 Å². The predicted octanol–water partition coefficient (Wildman–Crippen LogP) is 6.66. The number of benzene rings is 4. The van der Waals surface area contributed by atoms with Crippen molar-refractivity contribution < 1.29 is 44.0 Å². The summed E-state index contributed by atoms with van der Waals surface area (Å²) in [7, 11) is -7.68. The molecule has 0 aliphatic heterocycles. The Morgan fingerprint density at radius 3 is 1.18 bits per heavy atom. The van der Waals surface area contributed by atoms with Gasteiger partial charge in [0.2, 0.25) is 31.9 Å². The van der Waals surface area contributed by atoms with E-state index in [1.165, 1.54) is 12.1 Å². The highest BCUT2D eigenvalue weighted by Crippen LogP contribution is 2.28. The van der Waals surface area contributed by atoms with Crippen molar-refractivity contribution >= 4 is 77.8 Å². The molecular formula is C32H30Cl2F4N4O6S2. The van der Waals surface area contributed by atoms with Gasteiger partial charge in [-0.15, -0.1) is 0 Å². The van der Waals surface area contributed by atoms with Crippen LogP contribution in [0, 0.1) is 37.1 Å². The van der Waals surface area contributed by atoms with Gasteiger partial charge < -0.3 is 10.6 Å². The van der Waals surface area contributed by atoms with Gasteiger partial charge in [0.25, 0.3) is 0 Å². The van der Waals surface area contributed by atoms with E-state index < -0.39 is 79.6 Å². The van der Waals surface area contributed by atoms with E-state index in [0.717, 1.165) is 57.5 Å². The van der Waals surface area contributed by atoms with Gasteiger partial charge in [-0.3, -0.25) is 18.2 Å². The molecule has 0 spiro atoms. The number of rotatable bonds is 10. The summed E-state index contributed by atoms with van der Waals surface area (Å²) in [5, 5.41) is 4.69. The average molecular weight is 778 g/mol. The zero-order chi connectivity index (χ0) is 37.6. The molecule has 0 aliphatic rings. The molecule has 50 heavy (non-hydrogen) atoms. The van der Waals surface area contributed by atoms with Crippen molar-refractivity contribution in [3.63, 3.8) is 0 Å². The lowest BCUT2D eigenvalue weighted by Crippen LogP contribution is -2.38. The number of sulfonamides is 2. The molecule has 0 aromatic heterocycles. The minimum atomic E-state index is -3.84. The maximum Gasteiger partial charge on any atom is 0.245 e. The lowest BCUT2D eigenvalue weighted by molar-refractivity contribution is -0.115. The van der Waals surface area contributed by atoms with Crippen LogP contribution in [0.3, 0.4) is 0 Å². The number of nitrogens with one attached hydrogen (secondary N) is 2. The third kappa shape index (κ3) is 10.8. The number of anilines is 4. The molecule has 18 heteroatoms. The van der Waals surface area contributed by atoms with Gasteiger partial charge in [-0.1, -0.05) is 47.5 Å². The molecule has 0 saturated carbocycles. The summed E-state index contributed by atoms with van der Waals surface area (Å²) in [5.41, 5.74) is 0.283. The second kappa shape index (κ2) is 16.6. The number of hydrogen-bond donors (Lipinski definition) is 2. The summed E-state index contributed by atoms with van der Waals surface area (Å²) < 4.78 is 104. The van der Waals surface area contributed by atoms with Crippen LogP contribution in [-0.2, 0) is 29.6 Å². The highest BCUT2D eigenvalue weighted by Gasteiger charge is 2.25. The Morgan fingerprint density at radius 1 is 0.600 bits per heavy atom. The second-order valence-electron chi connectivity index (χ2n) is 10.7. The molecule has 4 rings (SSSR count). The van der Waals surface area contributed by atoms with Gasteiger partial charge >= 0.3 is 0 Å². The maximum atomic E-state index is 13.6. The fourth-order valence-corrected chi connectivity index (χ4v) is 6.46. The molecule has 0 fully saturated rings. The van der Waals surface area contributed by atoms with E-state index in [1.807, 2.05) is 0 Å². The topological polar surface area (TPSA) is 133 Å². The molecule has 4 aromatic carbocycles. The SMILES string of the molecule is Cc1ccc(Cl)cc1N(CC(=O)Nc1c(F)cccc1F)S(C)(=O)=O.Cc1ccc(Cl)cc1N(CC(=O)Nc1c(F)cccc1F)S(C)(=O)=O. The lowest BCUT2D eigenvalue weighted by Gasteiger charge is -2.24. The summed E-state index contributed by atoms with van der Waals surface area (Å²) in [6.45, 7) is 1.98. The fraction of sp³-hybridized carbons (Fsp3) is 0.188. The normalized spacial score (nSPS) is 11.2. The van der Waals surface area contributed by atoms with E-state index in [4.69, 9.17) is 23.2 Å². The number of nitrogens with zero attached hydrogens (tertiary/aromatic N) is 2. The fourth-order valence-electron chi connectivity index (χ4n) is 4.32. The van der Waals surface area contributed by atoms with Gasteiger partial charge in [0.15, 0.2) is 0 Å². The number of carbonyl (C=O) groups excluding carboxylic acids is 2. The zero-order valence-electron chi connectivity index (χ0n) is 26.8. The first kappa shape index (κ1) is 40.1. The van der Waals surface area contributed by atoms with Crippen LogP contribution in [0.5, 0.6) is 0 Å². The third-order valence-electron chi connectivity index (χ3n) is 6.71. The van der Waals surface area contributed by atoms with Crippen molar-refractivity contribution in [1.82, 2.24) is 0 Å². The lowest BCUT2D eigenvalue weighted by atomic mass is 10.2. The molecule has 2 N–H and O–H groups in total. The van der Waals surface area contributed by atoms with E-state index in [9.17, 15) is 44.0 Å². The Bertz CT molecular complexity index is 1950. The van der Waals surface area contributed by atoms with Gasteiger partial charge in [0.1, 0.15) is 47.7 Å². The molecule has 0 aliphatic carbocycles. The van der Waals surface area contributed by atoms with Gasteiger partial charge in [0, 0.05) is 10.0 Å². The molecular weight excluding hydrogens is 747 g/mol. The Hall–Kier alpha value is -4.38. The van der Waals surface area contributed by atoms with Crippen LogP contribution in [0.1, 0.15) is 11.1 Å². The summed E-state index contributed by atoms with van der Waals surface area (Å²) in [6.07, 6.45) is 1.84. The highest BCUT2D eigenvalue weighted by atomic mass is 35.5. The maximum absolute atomic E-state index is 13.6. The van der Waals surface area contributed by atoms with E-state index in [-0.39, 0.29) is 21.4 Å². The molecule has 0 heterocycles. The third-order valence-corrected chi connectivity index (χ3v) is 9.43. The summed E-state index contributed by atoms with van der Waals surface area (Å²) in [5.74, 6) is -5.63.